The molecule has 0 aliphatic carbocycles. The van der Waals surface area contributed by atoms with E-state index in [-0.39, 0.29) is 11.5 Å². The molecule has 1 aromatic carbocycles. The monoisotopic (exact) mass is 365 g/mol. The van der Waals surface area contributed by atoms with Crippen LogP contribution in [0.1, 0.15) is 31.2 Å². The lowest BCUT2D eigenvalue weighted by atomic mass is 10.1. The summed E-state index contributed by atoms with van der Waals surface area (Å²) in [6.45, 7) is 2.53. The molecule has 0 radical (unpaired) electrons. The number of benzene rings is 1. The third-order valence-electron chi connectivity index (χ3n) is 3.54. The number of aryl methyl sites for hydroxylation is 1. The number of nitrogens with zero attached hydrogens (tertiary/aromatic N) is 1. The second kappa shape index (κ2) is 5.27. The van der Waals surface area contributed by atoms with Crippen molar-refractivity contribution >= 4 is 44.8 Å². The SMILES string of the molecule is Cc1cc(C(=O)N2CCc3ccc(C(=O)O)cc32)sc1Br. The molecular formula is C15H12BrNO3S. The van der Waals surface area contributed by atoms with E-state index < -0.39 is 5.97 Å². The van der Waals surface area contributed by atoms with Crippen LogP contribution in [0.4, 0.5) is 5.69 Å². The zero-order valence-electron chi connectivity index (χ0n) is 11.2. The van der Waals surface area contributed by atoms with E-state index in [1.807, 2.05) is 13.0 Å². The van der Waals surface area contributed by atoms with Gasteiger partial charge < -0.3 is 10.0 Å². The number of carbonyl (C=O) groups is 2. The molecule has 0 saturated heterocycles. The summed E-state index contributed by atoms with van der Waals surface area (Å²) in [6, 6.07) is 6.82. The Morgan fingerprint density at radius 1 is 1.33 bits per heavy atom. The normalized spacial score (nSPS) is 13.3. The number of thiophene rings is 1. The number of hydrogen-bond acceptors (Lipinski definition) is 3. The van der Waals surface area contributed by atoms with Gasteiger partial charge in [0.15, 0.2) is 0 Å². The highest BCUT2D eigenvalue weighted by Gasteiger charge is 2.27. The van der Waals surface area contributed by atoms with Crippen molar-refractivity contribution in [1.82, 2.24) is 0 Å². The first-order valence-corrected chi connectivity index (χ1v) is 8.02. The van der Waals surface area contributed by atoms with E-state index in [4.69, 9.17) is 5.11 Å². The molecular weight excluding hydrogens is 354 g/mol. The standard InChI is InChI=1S/C15H12BrNO3S/c1-8-6-12(21-13(8)16)14(18)17-5-4-9-2-3-10(15(19)20)7-11(9)17/h2-3,6-7H,4-5H2,1H3,(H,19,20). The van der Waals surface area contributed by atoms with Crippen molar-refractivity contribution in [3.8, 4) is 0 Å². The number of aromatic carboxylic acids is 1. The minimum atomic E-state index is -0.980. The summed E-state index contributed by atoms with van der Waals surface area (Å²) in [4.78, 5) is 26.0. The van der Waals surface area contributed by atoms with Crippen LogP contribution in [0.15, 0.2) is 28.1 Å². The van der Waals surface area contributed by atoms with E-state index in [0.717, 1.165) is 21.3 Å². The molecule has 0 bridgehead atoms. The quantitative estimate of drug-likeness (QED) is 0.881. The largest absolute Gasteiger partial charge is 0.478 e. The van der Waals surface area contributed by atoms with Crippen molar-refractivity contribution in [3.63, 3.8) is 0 Å². The van der Waals surface area contributed by atoms with Crippen LogP contribution < -0.4 is 4.90 Å². The van der Waals surface area contributed by atoms with E-state index in [1.54, 1.807) is 23.1 Å². The first kappa shape index (κ1) is 14.3. The third-order valence-corrected chi connectivity index (χ3v) is 5.67. The number of carboxylic acids is 1. The zero-order valence-corrected chi connectivity index (χ0v) is 13.6. The van der Waals surface area contributed by atoms with E-state index >= 15 is 0 Å². The van der Waals surface area contributed by atoms with Crippen LogP contribution >= 0.6 is 27.3 Å². The van der Waals surface area contributed by atoms with Crippen molar-refractivity contribution in [2.75, 3.05) is 11.4 Å². The Kier molecular flexibility index (Phi) is 3.59. The molecule has 1 aliphatic heterocycles. The average Bonchev–Trinajstić information content (AvgIpc) is 3.01. The second-order valence-corrected chi connectivity index (χ2v) is 7.29. The number of halogens is 1. The summed E-state index contributed by atoms with van der Waals surface area (Å²) < 4.78 is 0.949. The van der Waals surface area contributed by atoms with Crippen LogP contribution in [0.25, 0.3) is 0 Å². The molecule has 0 fully saturated rings. The van der Waals surface area contributed by atoms with Gasteiger partial charge in [0.05, 0.1) is 14.2 Å². The highest BCUT2D eigenvalue weighted by molar-refractivity contribution is 9.11. The highest BCUT2D eigenvalue weighted by atomic mass is 79.9. The summed E-state index contributed by atoms with van der Waals surface area (Å²) in [5.74, 6) is -1.05. The number of carboxylic acid groups (broad SMARTS) is 1. The predicted octanol–water partition coefficient (Wildman–Crippen LogP) is 3.72. The lowest BCUT2D eigenvalue weighted by Crippen LogP contribution is -2.28. The lowest BCUT2D eigenvalue weighted by Gasteiger charge is -2.16. The molecule has 6 heteroatoms. The van der Waals surface area contributed by atoms with Crippen LogP contribution in [0.5, 0.6) is 0 Å². The predicted molar refractivity (Wildman–Crippen MR) is 85.5 cm³/mol. The summed E-state index contributed by atoms with van der Waals surface area (Å²) in [6.07, 6.45) is 0.756. The van der Waals surface area contributed by atoms with Gasteiger partial charge in [0.1, 0.15) is 0 Å². The van der Waals surface area contributed by atoms with Crippen LogP contribution in [-0.4, -0.2) is 23.5 Å². The fraction of sp³-hybridized carbons (Fsp3) is 0.200. The molecule has 0 unspecified atom stereocenters. The number of hydrogen-bond donors (Lipinski definition) is 1. The summed E-state index contributed by atoms with van der Waals surface area (Å²) >= 11 is 4.83. The van der Waals surface area contributed by atoms with Gasteiger partial charge in [0.2, 0.25) is 0 Å². The highest BCUT2D eigenvalue weighted by Crippen LogP contribution is 2.33. The fourth-order valence-corrected chi connectivity index (χ4v) is 3.91. The molecule has 3 rings (SSSR count). The van der Waals surface area contributed by atoms with Gasteiger partial charge in [0, 0.05) is 12.2 Å². The Balaban J connectivity index is 1.98. The van der Waals surface area contributed by atoms with Gasteiger partial charge >= 0.3 is 5.97 Å². The molecule has 1 aliphatic rings. The molecule has 2 heterocycles. The minimum absolute atomic E-state index is 0.0740. The Morgan fingerprint density at radius 2 is 2.10 bits per heavy atom. The zero-order chi connectivity index (χ0) is 15.1. The molecule has 1 N–H and O–H groups in total. The van der Waals surface area contributed by atoms with Gasteiger partial charge in [0.25, 0.3) is 5.91 Å². The van der Waals surface area contributed by atoms with E-state index in [0.29, 0.717) is 17.1 Å². The third kappa shape index (κ3) is 2.49. The number of rotatable bonds is 2. The number of anilines is 1. The number of amides is 1. The maximum atomic E-state index is 12.6. The van der Waals surface area contributed by atoms with Gasteiger partial charge in [-0.15, -0.1) is 11.3 Å². The van der Waals surface area contributed by atoms with Gasteiger partial charge in [-0.3, -0.25) is 4.79 Å². The average molecular weight is 366 g/mol. The number of fused-ring (bicyclic) bond motifs is 1. The summed E-state index contributed by atoms with van der Waals surface area (Å²) in [5.41, 5.74) is 2.96. The number of carbonyl (C=O) groups excluding carboxylic acids is 1. The first-order chi connectivity index (χ1) is 9.97. The summed E-state index contributed by atoms with van der Waals surface area (Å²) in [5, 5.41) is 9.09. The molecule has 21 heavy (non-hydrogen) atoms. The van der Waals surface area contributed by atoms with E-state index in [2.05, 4.69) is 15.9 Å². The molecule has 4 nitrogen and oxygen atoms in total. The second-order valence-electron chi connectivity index (χ2n) is 4.92. The lowest BCUT2D eigenvalue weighted by molar-refractivity contribution is 0.0696. The Labute approximate surface area is 134 Å². The Bertz CT molecular complexity index is 734. The molecule has 0 saturated carbocycles. The van der Waals surface area contributed by atoms with Crippen molar-refractivity contribution in [2.45, 2.75) is 13.3 Å². The Morgan fingerprint density at radius 3 is 2.71 bits per heavy atom. The van der Waals surface area contributed by atoms with Crippen molar-refractivity contribution in [3.05, 3.63) is 49.6 Å². The molecule has 0 atom stereocenters. The van der Waals surface area contributed by atoms with Crippen LogP contribution in [0.2, 0.25) is 0 Å². The van der Waals surface area contributed by atoms with Crippen LogP contribution in [0, 0.1) is 6.92 Å². The minimum Gasteiger partial charge on any atom is -0.478 e. The molecule has 0 spiro atoms. The van der Waals surface area contributed by atoms with Crippen LogP contribution in [-0.2, 0) is 6.42 Å². The van der Waals surface area contributed by atoms with Crippen molar-refractivity contribution in [1.29, 1.82) is 0 Å². The molecule has 2 aromatic rings. The van der Waals surface area contributed by atoms with E-state index in [1.165, 1.54) is 11.3 Å². The van der Waals surface area contributed by atoms with Gasteiger partial charge in [-0.05, 0) is 58.6 Å². The maximum Gasteiger partial charge on any atom is 0.335 e. The van der Waals surface area contributed by atoms with Gasteiger partial charge in [-0.2, -0.15) is 0 Å². The van der Waals surface area contributed by atoms with Crippen LogP contribution in [0.3, 0.4) is 0 Å². The molecule has 1 amide bonds. The maximum absolute atomic E-state index is 12.6. The topological polar surface area (TPSA) is 57.6 Å². The van der Waals surface area contributed by atoms with Gasteiger partial charge in [-0.1, -0.05) is 6.07 Å². The van der Waals surface area contributed by atoms with Crippen molar-refractivity contribution < 1.29 is 14.7 Å². The fourth-order valence-electron chi connectivity index (χ4n) is 2.42. The molecule has 108 valence electrons. The summed E-state index contributed by atoms with van der Waals surface area (Å²) in [7, 11) is 0. The Hall–Kier alpha value is -1.66. The van der Waals surface area contributed by atoms with Crippen molar-refractivity contribution in [2.24, 2.45) is 0 Å². The smallest absolute Gasteiger partial charge is 0.335 e. The molecule has 1 aromatic heterocycles. The van der Waals surface area contributed by atoms with Gasteiger partial charge in [-0.25, -0.2) is 4.79 Å². The van der Waals surface area contributed by atoms with E-state index in [9.17, 15) is 9.59 Å². The first-order valence-electron chi connectivity index (χ1n) is 6.41.